The van der Waals surface area contributed by atoms with Crippen LogP contribution in [0.3, 0.4) is 0 Å². The summed E-state index contributed by atoms with van der Waals surface area (Å²) in [4.78, 5) is 36.5. The van der Waals surface area contributed by atoms with Crippen molar-refractivity contribution < 1.29 is 19.5 Å². The van der Waals surface area contributed by atoms with Crippen molar-refractivity contribution in [2.45, 2.75) is 44.3 Å². The van der Waals surface area contributed by atoms with Gasteiger partial charge in [-0.1, -0.05) is 0 Å². The number of nitrogens with one attached hydrogen (secondary N) is 2. The van der Waals surface area contributed by atoms with E-state index in [4.69, 9.17) is 5.11 Å². The van der Waals surface area contributed by atoms with Crippen molar-refractivity contribution in [3.8, 4) is 0 Å². The Hall–Kier alpha value is -1.44. The van der Waals surface area contributed by atoms with Crippen LogP contribution < -0.4 is 10.6 Å². The van der Waals surface area contributed by atoms with Gasteiger partial charge in [0.25, 0.3) is 0 Å². The third-order valence-electron chi connectivity index (χ3n) is 3.56. The Bertz CT molecular complexity index is 428. The lowest BCUT2D eigenvalue weighted by atomic mass is 10.2. The zero-order chi connectivity index (χ0) is 15.4. The fraction of sp³-hybridized carbons (Fsp3) is 0.769. The Morgan fingerprint density at radius 3 is 2.71 bits per heavy atom. The summed E-state index contributed by atoms with van der Waals surface area (Å²) in [6.07, 6.45) is 1.93. The van der Waals surface area contributed by atoms with E-state index >= 15 is 0 Å². The average molecular weight is 315 g/mol. The Balaban J connectivity index is 1.86. The number of rotatable bonds is 5. The van der Waals surface area contributed by atoms with Gasteiger partial charge in [-0.15, -0.1) is 0 Å². The second kappa shape index (κ2) is 7.02. The molecular weight excluding hydrogens is 294 g/mol. The third-order valence-corrected chi connectivity index (χ3v) is 4.65. The quantitative estimate of drug-likeness (QED) is 0.676. The molecule has 0 radical (unpaired) electrons. The first-order valence-corrected chi connectivity index (χ1v) is 8.30. The lowest BCUT2D eigenvalue weighted by Crippen LogP contribution is -2.55. The lowest BCUT2D eigenvalue weighted by molar-refractivity contribution is -0.138. The van der Waals surface area contributed by atoms with Crippen molar-refractivity contribution in [1.82, 2.24) is 15.5 Å². The molecule has 2 fully saturated rings. The van der Waals surface area contributed by atoms with Crippen molar-refractivity contribution in [2.75, 3.05) is 18.1 Å². The van der Waals surface area contributed by atoms with Crippen LogP contribution in [0.1, 0.15) is 26.2 Å². The molecule has 3 N–H and O–H groups in total. The minimum atomic E-state index is -0.917. The maximum absolute atomic E-state index is 12.2. The van der Waals surface area contributed by atoms with Gasteiger partial charge in [0.1, 0.15) is 6.04 Å². The Morgan fingerprint density at radius 2 is 2.10 bits per heavy atom. The number of carbonyl (C=O) groups is 3. The van der Waals surface area contributed by atoms with Crippen LogP contribution in [-0.2, 0) is 9.59 Å². The summed E-state index contributed by atoms with van der Waals surface area (Å²) in [7, 11) is 0. The number of carboxylic acid groups (broad SMARTS) is 1. The highest BCUT2D eigenvalue weighted by Crippen LogP contribution is 2.20. The van der Waals surface area contributed by atoms with Crippen LogP contribution in [0, 0.1) is 0 Å². The highest BCUT2D eigenvalue weighted by molar-refractivity contribution is 7.99. The number of aliphatic carboxylic acids is 1. The van der Waals surface area contributed by atoms with Gasteiger partial charge in [0.15, 0.2) is 0 Å². The van der Waals surface area contributed by atoms with Gasteiger partial charge in [-0.2, -0.15) is 11.8 Å². The topological polar surface area (TPSA) is 98.7 Å². The number of hydrogen-bond donors (Lipinski definition) is 3. The molecule has 21 heavy (non-hydrogen) atoms. The van der Waals surface area contributed by atoms with E-state index in [0.717, 1.165) is 18.6 Å². The molecule has 8 heteroatoms. The molecule has 2 unspecified atom stereocenters. The molecule has 118 valence electrons. The number of thioether (sulfide) groups is 1. The van der Waals surface area contributed by atoms with Crippen molar-refractivity contribution in [1.29, 1.82) is 0 Å². The van der Waals surface area contributed by atoms with Crippen molar-refractivity contribution in [3.05, 3.63) is 0 Å². The van der Waals surface area contributed by atoms with Gasteiger partial charge in [-0.25, -0.2) is 4.79 Å². The molecular formula is C13H21N3O4S. The first-order chi connectivity index (χ1) is 9.97. The number of carboxylic acids is 1. The zero-order valence-corrected chi connectivity index (χ0v) is 12.8. The van der Waals surface area contributed by atoms with E-state index in [1.54, 1.807) is 18.7 Å². The van der Waals surface area contributed by atoms with E-state index in [1.165, 1.54) is 4.90 Å². The van der Waals surface area contributed by atoms with Crippen LogP contribution in [0.5, 0.6) is 0 Å². The molecule has 0 spiro atoms. The SMILES string of the molecule is CC(NC(=O)N1CCSCC1CC(=O)O)C(=O)NC1CC1. The van der Waals surface area contributed by atoms with Crippen LogP contribution >= 0.6 is 11.8 Å². The highest BCUT2D eigenvalue weighted by Gasteiger charge is 2.31. The van der Waals surface area contributed by atoms with Crippen molar-refractivity contribution >= 4 is 29.7 Å². The van der Waals surface area contributed by atoms with E-state index in [0.29, 0.717) is 12.3 Å². The van der Waals surface area contributed by atoms with Crippen molar-refractivity contribution in [3.63, 3.8) is 0 Å². The minimum absolute atomic E-state index is 0.0664. The molecule has 1 aliphatic carbocycles. The maximum atomic E-state index is 12.2. The zero-order valence-electron chi connectivity index (χ0n) is 12.0. The normalized spacial score (nSPS) is 23.3. The number of nitrogens with zero attached hydrogens (tertiary/aromatic N) is 1. The number of carbonyl (C=O) groups excluding carboxylic acids is 2. The second-order valence-electron chi connectivity index (χ2n) is 5.47. The van der Waals surface area contributed by atoms with E-state index in [1.807, 2.05) is 0 Å². The average Bonchev–Trinajstić information content (AvgIpc) is 3.22. The number of urea groups is 1. The molecule has 1 saturated heterocycles. The van der Waals surface area contributed by atoms with E-state index in [-0.39, 0.29) is 30.4 Å². The van der Waals surface area contributed by atoms with Crippen LogP contribution in [0.25, 0.3) is 0 Å². The smallest absolute Gasteiger partial charge is 0.318 e. The summed E-state index contributed by atoms with van der Waals surface area (Å²) in [5.74, 6) is 0.293. The molecule has 1 saturated carbocycles. The lowest BCUT2D eigenvalue weighted by Gasteiger charge is -2.35. The summed E-state index contributed by atoms with van der Waals surface area (Å²) in [6.45, 7) is 2.14. The van der Waals surface area contributed by atoms with Gasteiger partial charge in [0.2, 0.25) is 5.91 Å². The third kappa shape index (κ3) is 4.80. The molecule has 7 nitrogen and oxygen atoms in total. The van der Waals surface area contributed by atoms with Crippen LogP contribution in [0.15, 0.2) is 0 Å². The van der Waals surface area contributed by atoms with Gasteiger partial charge >= 0.3 is 12.0 Å². The van der Waals surface area contributed by atoms with E-state index in [2.05, 4.69) is 10.6 Å². The summed E-state index contributed by atoms with van der Waals surface area (Å²) >= 11 is 1.64. The molecule has 1 heterocycles. The summed E-state index contributed by atoms with van der Waals surface area (Å²) in [5.41, 5.74) is 0. The molecule has 3 amide bonds. The first-order valence-electron chi connectivity index (χ1n) is 7.14. The Morgan fingerprint density at radius 1 is 1.38 bits per heavy atom. The summed E-state index contributed by atoms with van der Waals surface area (Å²) in [6, 6.07) is -1.04. The van der Waals surface area contributed by atoms with Crippen LogP contribution in [0.4, 0.5) is 4.79 Å². The van der Waals surface area contributed by atoms with Gasteiger partial charge in [-0.3, -0.25) is 9.59 Å². The molecule has 0 aromatic carbocycles. The molecule has 2 atom stereocenters. The van der Waals surface area contributed by atoms with Crippen molar-refractivity contribution in [2.24, 2.45) is 0 Å². The fourth-order valence-electron chi connectivity index (χ4n) is 2.18. The largest absolute Gasteiger partial charge is 0.481 e. The number of amides is 3. The van der Waals surface area contributed by atoms with Gasteiger partial charge in [0.05, 0.1) is 12.5 Å². The molecule has 2 rings (SSSR count). The van der Waals surface area contributed by atoms with Gasteiger partial charge in [-0.05, 0) is 19.8 Å². The standard InChI is InChI=1S/C13H21N3O4S/c1-8(12(19)15-9-2-3-9)14-13(20)16-4-5-21-7-10(16)6-11(17)18/h8-10H,2-7H2,1H3,(H,14,20)(H,15,19)(H,17,18). The summed E-state index contributed by atoms with van der Waals surface area (Å²) < 4.78 is 0. The first kappa shape index (κ1) is 15.9. The van der Waals surface area contributed by atoms with Crippen LogP contribution in [-0.4, -0.2) is 64.1 Å². The molecule has 0 bridgehead atoms. The molecule has 2 aliphatic rings. The Kier molecular flexibility index (Phi) is 5.33. The summed E-state index contributed by atoms with van der Waals surface area (Å²) in [5, 5.41) is 14.4. The van der Waals surface area contributed by atoms with E-state index in [9.17, 15) is 14.4 Å². The molecule has 0 aromatic rings. The fourth-order valence-corrected chi connectivity index (χ4v) is 3.24. The second-order valence-corrected chi connectivity index (χ2v) is 6.62. The number of hydrogen-bond acceptors (Lipinski definition) is 4. The van der Waals surface area contributed by atoms with Gasteiger partial charge in [0, 0.05) is 24.1 Å². The highest BCUT2D eigenvalue weighted by atomic mass is 32.2. The predicted molar refractivity (Wildman–Crippen MR) is 79.2 cm³/mol. The van der Waals surface area contributed by atoms with Crippen LogP contribution in [0.2, 0.25) is 0 Å². The predicted octanol–water partition coefficient (Wildman–Crippen LogP) is 0.255. The minimum Gasteiger partial charge on any atom is -0.481 e. The monoisotopic (exact) mass is 315 g/mol. The maximum Gasteiger partial charge on any atom is 0.318 e. The Labute approximate surface area is 127 Å². The molecule has 0 aromatic heterocycles. The molecule has 1 aliphatic heterocycles. The van der Waals surface area contributed by atoms with E-state index < -0.39 is 12.0 Å². The van der Waals surface area contributed by atoms with Gasteiger partial charge < -0.3 is 20.6 Å².